The van der Waals surface area contributed by atoms with Gasteiger partial charge in [0.2, 0.25) is 5.95 Å². The van der Waals surface area contributed by atoms with Crippen LogP contribution >= 0.6 is 11.6 Å². The number of alkyl halides is 3. The minimum atomic E-state index is -4.81. The van der Waals surface area contributed by atoms with Crippen LogP contribution in [-0.2, 0) is 12.7 Å². The topological polar surface area (TPSA) is 64.7 Å². The normalized spacial score (nSPS) is 11.8. The maximum absolute atomic E-state index is 13.8. The number of amides is 1. The summed E-state index contributed by atoms with van der Waals surface area (Å²) in [7, 11) is 0. The zero-order valence-electron chi connectivity index (χ0n) is 15.6. The van der Waals surface area contributed by atoms with Crippen LogP contribution in [0.15, 0.2) is 54.7 Å². The van der Waals surface area contributed by atoms with Crippen LogP contribution in [0.2, 0.25) is 5.02 Å². The highest BCUT2D eigenvalue weighted by molar-refractivity contribution is 6.30. The average Bonchev–Trinajstić information content (AvgIpc) is 3.29. The summed E-state index contributed by atoms with van der Waals surface area (Å²) in [6.45, 7) is 2.33. The van der Waals surface area contributed by atoms with Gasteiger partial charge in [0.15, 0.2) is 5.69 Å². The minimum Gasteiger partial charge on any atom is -0.310 e. The summed E-state index contributed by atoms with van der Waals surface area (Å²) < 4.78 is 43.9. The molecule has 0 saturated heterocycles. The monoisotopic (exact) mass is 433 g/mol. The Hall–Kier alpha value is -3.33. The highest BCUT2D eigenvalue weighted by Crippen LogP contribution is 2.34. The van der Waals surface area contributed by atoms with Gasteiger partial charge >= 0.3 is 6.18 Å². The van der Waals surface area contributed by atoms with Crippen LogP contribution < -0.4 is 5.32 Å². The molecule has 0 spiro atoms. The predicted octanol–water partition coefficient (Wildman–Crippen LogP) is 5.17. The van der Waals surface area contributed by atoms with Crippen LogP contribution in [0.4, 0.5) is 19.1 Å². The van der Waals surface area contributed by atoms with E-state index in [4.69, 9.17) is 11.6 Å². The van der Waals surface area contributed by atoms with Crippen molar-refractivity contribution in [3.8, 4) is 5.69 Å². The lowest BCUT2D eigenvalue weighted by Gasteiger charge is -2.13. The molecule has 0 aliphatic heterocycles. The molecule has 2 heterocycles. The van der Waals surface area contributed by atoms with Crippen LogP contribution in [0, 0.1) is 0 Å². The van der Waals surface area contributed by atoms with Crippen molar-refractivity contribution < 1.29 is 18.0 Å². The van der Waals surface area contributed by atoms with E-state index in [1.165, 1.54) is 24.3 Å². The second-order valence-corrected chi connectivity index (χ2v) is 6.85. The molecule has 154 valence electrons. The summed E-state index contributed by atoms with van der Waals surface area (Å²) >= 11 is 5.81. The van der Waals surface area contributed by atoms with Crippen LogP contribution in [-0.4, -0.2) is 25.2 Å². The Kier molecular flexibility index (Phi) is 4.98. The molecule has 0 radical (unpaired) electrons. The summed E-state index contributed by atoms with van der Waals surface area (Å²) in [6.07, 6.45) is -3.92. The van der Waals surface area contributed by atoms with E-state index in [9.17, 15) is 18.0 Å². The minimum absolute atomic E-state index is 0.131. The van der Waals surface area contributed by atoms with Gasteiger partial charge in [0.25, 0.3) is 5.91 Å². The molecule has 2 aromatic heterocycles. The van der Waals surface area contributed by atoms with Crippen molar-refractivity contribution in [2.24, 2.45) is 0 Å². The van der Waals surface area contributed by atoms with E-state index in [1.807, 2.05) is 19.1 Å². The number of rotatable bonds is 4. The number of anilines is 1. The molecule has 0 saturated carbocycles. The number of aryl methyl sites for hydroxylation is 1. The number of para-hydroxylation sites is 2. The number of nitrogens with zero attached hydrogens (tertiary/aromatic N) is 4. The van der Waals surface area contributed by atoms with Gasteiger partial charge in [0.05, 0.1) is 28.5 Å². The third-order valence-corrected chi connectivity index (χ3v) is 4.80. The molecular weight excluding hydrogens is 419 g/mol. The van der Waals surface area contributed by atoms with Gasteiger partial charge in [-0.25, -0.2) is 9.67 Å². The van der Waals surface area contributed by atoms with E-state index in [0.29, 0.717) is 21.8 Å². The predicted molar refractivity (Wildman–Crippen MR) is 107 cm³/mol. The Morgan fingerprint density at radius 2 is 1.83 bits per heavy atom. The van der Waals surface area contributed by atoms with Crippen LogP contribution in [0.5, 0.6) is 0 Å². The van der Waals surface area contributed by atoms with E-state index in [0.717, 1.165) is 11.7 Å². The van der Waals surface area contributed by atoms with E-state index in [-0.39, 0.29) is 11.6 Å². The molecule has 0 fully saturated rings. The Bertz CT molecular complexity index is 1230. The number of aromatic nitrogens is 4. The van der Waals surface area contributed by atoms with E-state index in [2.05, 4.69) is 15.4 Å². The van der Waals surface area contributed by atoms with Crippen molar-refractivity contribution in [1.82, 2.24) is 19.3 Å². The fourth-order valence-corrected chi connectivity index (χ4v) is 3.35. The molecular formula is C20H15ClF3N5O. The largest absolute Gasteiger partial charge is 0.434 e. The van der Waals surface area contributed by atoms with Crippen molar-refractivity contribution >= 4 is 34.5 Å². The first-order valence-electron chi connectivity index (χ1n) is 8.97. The number of nitrogens with one attached hydrogen (secondary N) is 1. The second kappa shape index (κ2) is 7.49. The standard InChI is InChI=1S/C20H15ClF3N5O/c1-2-28-16-6-4-3-5-15(16)26-19(28)27-18(30)14-11-25-29(17(14)20(22,23)24)13-9-7-12(21)8-10-13/h3-11H,2H2,1H3,(H,26,27,30). The third-order valence-electron chi connectivity index (χ3n) is 4.55. The Labute approximate surface area is 173 Å². The third kappa shape index (κ3) is 3.52. The first-order valence-corrected chi connectivity index (χ1v) is 9.35. The molecule has 4 rings (SSSR count). The lowest BCUT2D eigenvalue weighted by Crippen LogP contribution is -2.22. The van der Waals surface area contributed by atoms with Crippen LogP contribution in [0.1, 0.15) is 23.0 Å². The first-order chi connectivity index (χ1) is 14.3. The van der Waals surface area contributed by atoms with E-state index >= 15 is 0 Å². The van der Waals surface area contributed by atoms with Gasteiger partial charge in [0, 0.05) is 11.6 Å². The average molecular weight is 434 g/mol. The lowest BCUT2D eigenvalue weighted by molar-refractivity contribution is -0.143. The molecule has 1 N–H and O–H groups in total. The molecule has 10 heteroatoms. The fraction of sp³-hybridized carbons (Fsp3) is 0.150. The quantitative estimate of drug-likeness (QED) is 0.483. The lowest BCUT2D eigenvalue weighted by atomic mass is 10.2. The number of benzene rings is 2. The summed E-state index contributed by atoms with van der Waals surface area (Å²) in [5, 5.41) is 6.66. The Morgan fingerprint density at radius 3 is 2.50 bits per heavy atom. The summed E-state index contributed by atoms with van der Waals surface area (Å²) in [5.74, 6) is -0.788. The molecule has 0 atom stereocenters. The number of carbonyl (C=O) groups is 1. The maximum Gasteiger partial charge on any atom is 0.434 e. The number of carbonyl (C=O) groups excluding carboxylic acids is 1. The molecule has 0 unspecified atom stereocenters. The molecule has 0 aliphatic rings. The smallest absolute Gasteiger partial charge is 0.310 e. The van der Waals surface area contributed by atoms with E-state index in [1.54, 1.807) is 16.7 Å². The van der Waals surface area contributed by atoms with Gasteiger partial charge in [-0.15, -0.1) is 0 Å². The SMILES string of the molecule is CCn1c(NC(=O)c2cnn(-c3ccc(Cl)cc3)c2C(F)(F)F)nc2ccccc21. The number of imidazole rings is 1. The Morgan fingerprint density at radius 1 is 1.13 bits per heavy atom. The van der Waals surface area contributed by atoms with Crippen molar-refractivity contribution in [2.45, 2.75) is 19.6 Å². The molecule has 6 nitrogen and oxygen atoms in total. The van der Waals surface area contributed by atoms with Gasteiger partial charge in [-0.3, -0.25) is 10.1 Å². The van der Waals surface area contributed by atoms with E-state index < -0.39 is 23.3 Å². The summed E-state index contributed by atoms with van der Waals surface area (Å²) in [5.41, 5.74) is -0.258. The zero-order valence-corrected chi connectivity index (χ0v) is 16.4. The zero-order chi connectivity index (χ0) is 21.5. The summed E-state index contributed by atoms with van der Waals surface area (Å²) in [4.78, 5) is 17.1. The number of fused-ring (bicyclic) bond motifs is 1. The van der Waals surface area contributed by atoms with Crippen molar-refractivity contribution in [1.29, 1.82) is 0 Å². The van der Waals surface area contributed by atoms with Gasteiger partial charge in [-0.1, -0.05) is 23.7 Å². The molecule has 30 heavy (non-hydrogen) atoms. The van der Waals surface area contributed by atoms with Gasteiger partial charge in [0.1, 0.15) is 0 Å². The molecule has 0 bridgehead atoms. The Balaban J connectivity index is 1.76. The molecule has 4 aromatic rings. The van der Waals surface area contributed by atoms with Gasteiger partial charge in [-0.05, 0) is 43.3 Å². The number of hydrogen-bond acceptors (Lipinski definition) is 3. The summed E-state index contributed by atoms with van der Waals surface area (Å²) in [6, 6.07) is 12.9. The highest BCUT2D eigenvalue weighted by Gasteiger charge is 2.40. The van der Waals surface area contributed by atoms with Gasteiger partial charge < -0.3 is 4.57 Å². The van der Waals surface area contributed by atoms with Gasteiger partial charge in [-0.2, -0.15) is 18.3 Å². The van der Waals surface area contributed by atoms with Crippen molar-refractivity contribution in [3.63, 3.8) is 0 Å². The molecule has 2 aromatic carbocycles. The highest BCUT2D eigenvalue weighted by atomic mass is 35.5. The molecule has 1 amide bonds. The van der Waals surface area contributed by atoms with Crippen LogP contribution in [0.3, 0.4) is 0 Å². The second-order valence-electron chi connectivity index (χ2n) is 6.42. The molecule has 0 aliphatic carbocycles. The number of hydrogen-bond donors (Lipinski definition) is 1. The maximum atomic E-state index is 13.8. The number of halogens is 4. The fourth-order valence-electron chi connectivity index (χ4n) is 3.23. The van der Waals surface area contributed by atoms with Crippen molar-refractivity contribution in [2.75, 3.05) is 5.32 Å². The first kappa shape index (κ1) is 20.0. The van der Waals surface area contributed by atoms with Crippen LogP contribution in [0.25, 0.3) is 16.7 Å². The van der Waals surface area contributed by atoms with Crippen molar-refractivity contribution in [3.05, 3.63) is 71.0 Å².